The fourth-order valence-corrected chi connectivity index (χ4v) is 4.69. The standard InChI is InChI=1S/C22H29N3O3S.HI/c1-3-23-21(24-13-18-6-4-16(2)29-18)25-14-22(8-10-26-11-9-22)17-5-7-19-20(12-17)28-15-27-19;/h4-7,12H,3,8-11,13-15H2,1-2H3,(H2,23,24,25);1H. The van der Waals surface area contributed by atoms with Crippen LogP contribution >= 0.6 is 35.3 Å². The van der Waals surface area contributed by atoms with Crippen molar-refractivity contribution in [2.45, 2.75) is 38.6 Å². The molecule has 8 heteroatoms. The van der Waals surface area contributed by atoms with E-state index in [0.29, 0.717) is 13.3 Å². The van der Waals surface area contributed by atoms with Crippen LogP contribution in [-0.4, -0.2) is 39.1 Å². The Morgan fingerprint density at radius 2 is 1.90 bits per heavy atom. The van der Waals surface area contributed by atoms with Gasteiger partial charge < -0.3 is 24.8 Å². The van der Waals surface area contributed by atoms with E-state index >= 15 is 0 Å². The maximum absolute atomic E-state index is 5.67. The molecule has 1 fully saturated rings. The Kier molecular flexibility index (Phi) is 8.24. The van der Waals surface area contributed by atoms with E-state index in [0.717, 1.165) is 56.6 Å². The Bertz CT molecular complexity index is 865. The molecular weight excluding hydrogens is 513 g/mol. The number of nitrogens with one attached hydrogen (secondary N) is 2. The van der Waals surface area contributed by atoms with Crippen molar-refractivity contribution in [2.75, 3.05) is 33.1 Å². The van der Waals surface area contributed by atoms with Gasteiger partial charge in [-0.3, -0.25) is 0 Å². The maximum atomic E-state index is 5.67. The molecule has 0 unspecified atom stereocenters. The number of rotatable bonds is 6. The molecule has 3 heterocycles. The quantitative estimate of drug-likeness (QED) is 0.325. The van der Waals surface area contributed by atoms with Gasteiger partial charge in [-0.05, 0) is 56.5 Å². The lowest BCUT2D eigenvalue weighted by Gasteiger charge is -2.38. The van der Waals surface area contributed by atoms with Crippen molar-refractivity contribution < 1.29 is 14.2 Å². The molecule has 1 aromatic carbocycles. The summed E-state index contributed by atoms with van der Waals surface area (Å²) in [5.74, 6) is 2.51. The first-order chi connectivity index (χ1) is 14.2. The lowest BCUT2D eigenvalue weighted by molar-refractivity contribution is 0.0513. The van der Waals surface area contributed by atoms with Crippen LogP contribution in [0.2, 0.25) is 0 Å². The van der Waals surface area contributed by atoms with Crippen molar-refractivity contribution in [3.8, 4) is 11.5 Å². The number of guanidine groups is 1. The Hall–Kier alpha value is -1.52. The lowest BCUT2D eigenvalue weighted by atomic mass is 9.74. The summed E-state index contributed by atoms with van der Waals surface area (Å²) in [6.07, 6.45) is 1.92. The van der Waals surface area contributed by atoms with Crippen molar-refractivity contribution in [2.24, 2.45) is 4.99 Å². The number of fused-ring (bicyclic) bond motifs is 1. The van der Waals surface area contributed by atoms with Gasteiger partial charge in [0.05, 0.1) is 6.54 Å². The average molecular weight is 543 g/mol. The van der Waals surface area contributed by atoms with Crippen molar-refractivity contribution >= 4 is 41.3 Å². The molecule has 0 atom stereocenters. The van der Waals surface area contributed by atoms with Gasteiger partial charge in [-0.15, -0.1) is 35.3 Å². The molecule has 0 bridgehead atoms. The third kappa shape index (κ3) is 5.39. The zero-order valence-corrected chi connectivity index (χ0v) is 20.7. The van der Waals surface area contributed by atoms with E-state index in [1.165, 1.54) is 15.3 Å². The second-order valence-corrected chi connectivity index (χ2v) is 8.89. The van der Waals surface area contributed by atoms with Crippen LogP contribution in [0.4, 0.5) is 0 Å². The lowest BCUT2D eigenvalue weighted by Crippen LogP contribution is -2.48. The zero-order chi connectivity index (χ0) is 20.1. The molecule has 2 aliphatic rings. The molecule has 0 spiro atoms. The van der Waals surface area contributed by atoms with Gasteiger partial charge in [0.25, 0.3) is 0 Å². The summed E-state index contributed by atoms with van der Waals surface area (Å²) in [5, 5.41) is 6.97. The summed E-state index contributed by atoms with van der Waals surface area (Å²) in [6.45, 7) is 8.36. The minimum absolute atomic E-state index is 0. The van der Waals surface area contributed by atoms with Crippen LogP contribution in [-0.2, 0) is 16.7 Å². The largest absolute Gasteiger partial charge is 0.454 e. The maximum Gasteiger partial charge on any atom is 0.231 e. The molecule has 6 nitrogen and oxygen atoms in total. The number of halogens is 1. The molecule has 2 N–H and O–H groups in total. The normalized spacial score (nSPS) is 17.3. The second-order valence-electron chi connectivity index (χ2n) is 7.52. The highest BCUT2D eigenvalue weighted by Crippen LogP contribution is 2.40. The van der Waals surface area contributed by atoms with Crippen LogP contribution < -0.4 is 20.1 Å². The molecule has 0 radical (unpaired) electrons. The highest BCUT2D eigenvalue weighted by Gasteiger charge is 2.35. The summed E-state index contributed by atoms with van der Waals surface area (Å²) >= 11 is 1.80. The average Bonchev–Trinajstić information content (AvgIpc) is 3.39. The fourth-order valence-electron chi connectivity index (χ4n) is 3.88. The monoisotopic (exact) mass is 543 g/mol. The van der Waals surface area contributed by atoms with E-state index in [1.807, 2.05) is 6.07 Å². The highest BCUT2D eigenvalue weighted by atomic mass is 127. The SMILES string of the molecule is CCNC(=NCc1ccc(C)s1)NCC1(c2ccc3c(c2)OCO3)CCOCC1.I. The summed E-state index contributed by atoms with van der Waals surface area (Å²) in [7, 11) is 0. The molecular formula is C22H30IN3O3S. The molecule has 30 heavy (non-hydrogen) atoms. The predicted octanol–water partition coefficient (Wildman–Crippen LogP) is 4.21. The van der Waals surface area contributed by atoms with Gasteiger partial charge in [-0.25, -0.2) is 4.99 Å². The second kappa shape index (κ2) is 10.7. The van der Waals surface area contributed by atoms with Crippen molar-refractivity contribution in [1.82, 2.24) is 10.6 Å². The van der Waals surface area contributed by atoms with Crippen molar-refractivity contribution in [3.63, 3.8) is 0 Å². The van der Waals surface area contributed by atoms with Crippen LogP contribution in [0.15, 0.2) is 35.3 Å². The predicted molar refractivity (Wildman–Crippen MR) is 132 cm³/mol. The number of aryl methyl sites for hydroxylation is 1. The summed E-state index contributed by atoms with van der Waals surface area (Å²) in [4.78, 5) is 7.38. The number of hydrogen-bond acceptors (Lipinski definition) is 5. The first kappa shape index (κ1) is 23.1. The number of benzene rings is 1. The number of aliphatic imine (C=N–C) groups is 1. The minimum Gasteiger partial charge on any atom is -0.454 e. The number of ether oxygens (including phenoxy) is 3. The smallest absolute Gasteiger partial charge is 0.231 e. The molecule has 2 aliphatic heterocycles. The van der Waals surface area contributed by atoms with Crippen LogP contribution in [0.25, 0.3) is 0 Å². The van der Waals surface area contributed by atoms with Gasteiger partial charge in [0.15, 0.2) is 17.5 Å². The highest BCUT2D eigenvalue weighted by molar-refractivity contribution is 14.0. The molecule has 4 rings (SSSR count). The third-order valence-electron chi connectivity index (χ3n) is 5.56. The summed E-state index contributed by atoms with van der Waals surface area (Å²) in [6, 6.07) is 10.6. The fraction of sp³-hybridized carbons (Fsp3) is 0.500. The van der Waals surface area contributed by atoms with E-state index in [1.54, 1.807) is 11.3 Å². The summed E-state index contributed by atoms with van der Waals surface area (Å²) < 4.78 is 16.8. The Morgan fingerprint density at radius 3 is 2.63 bits per heavy atom. The topological polar surface area (TPSA) is 64.1 Å². The molecule has 0 amide bonds. The zero-order valence-electron chi connectivity index (χ0n) is 17.5. The van der Waals surface area contributed by atoms with E-state index < -0.39 is 0 Å². The first-order valence-electron chi connectivity index (χ1n) is 10.2. The molecule has 2 aromatic rings. The molecule has 164 valence electrons. The number of nitrogens with zero attached hydrogens (tertiary/aromatic N) is 1. The Balaban J connectivity index is 0.00000256. The van der Waals surface area contributed by atoms with Crippen LogP contribution in [0.3, 0.4) is 0 Å². The molecule has 0 saturated carbocycles. The number of thiophene rings is 1. The minimum atomic E-state index is -0.0189. The van der Waals surface area contributed by atoms with Crippen LogP contribution in [0, 0.1) is 6.92 Å². The van der Waals surface area contributed by atoms with Gasteiger partial charge in [0.1, 0.15) is 0 Å². The van der Waals surface area contributed by atoms with E-state index in [-0.39, 0.29) is 29.4 Å². The molecule has 1 saturated heterocycles. The van der Waals surface area contributed by atoms with Crippen LogP contribution in [0.5, 0.6) is 11.5 Å². The van der Waals surface area contributed by atoms with E-state index in [2.05, 4.69) is 48.7 Å². The first-order valence-corrected chi connectivity index (χ1v) is 11.1. The van der Waals surface area contributed by atoms with Crippen molar-refractivity contribution in [1.29, 1.82) is 0 Å². The third-order valence-corrected chi connectivity index (χ3v) is 6.55. The van der Waals surface area contributed by atoms with Gasteiger partial charge in [0, 0.05) is 41.5 Å². The Labute approximate surface area is 199 Å². The van der Waals surface area contributed by atoms with Crippen LogP contribution in [0.1, 0.15) is 35.1 Å². The Morgan fingerprint density at radius 1 is 1.10 bits per heavy atom. The summed E-state index contributed by atoms with van der Waals surface area (Å²) in [5.41, 5.74) is 1.25. The van der Waals surface area contributed by atoms with Gasteiger partial charge in [0.2, 0.25) is 6.79 Å². The van der Waals surface area contributed by atoms with E-state index in [4.69, 9.17) is 19.2 Å². The van der Waals surface area contributed by atoms with E-state index in [9.17, 15) is 0 Å². The number of hydrogen-bond donors (Lipinski definition) is 2. The van der Waals surface area contributed by atoms with Gasteiger partial charge in [-0.2, -0.15) is 0 Å². The molecule has 0 aliphatic carbocycles. The van der Waals surface area contributed by atoms with Crippen molar-refractivity contribution in [3.05, 3.63) is 45.6 Å². The van der Waals surface area contributed by atoms with Gasteiger partial charge in [-0.1, -0.05) is 6.07 Å². The molecule has 1 aromatic heterocycles. The van der Waals surface area contributed by atoms with Gasteiger partial charge >= 0.3 is 0 Å².